The lowest BCUT2D eigenvalue weighted by Gasteiger charge is -2.36. The number of rotatable bonds is 2. The van der Waals surface area contributed by atoms with Crippen molar-refractivity contribution in [2.24, 2.45) is 0 Å². The van der Waals surface area contributed by atoms with Crippen molar-refractivity contribution in [2.75, 3.05) is 31.1 Å². The first-order chi connectivity index (χ1) is 10.7. The minimum Gasteiger partial charge on any atom is -0.478 e. The molecule has 1 heterocycles. The summed E-state index contributed by atoms with van der Waals surface area (Å²) >= 11 is 0. The van der Waals surface area contributed by atoms with Crippen molar-refractivity contribution >= 4 is 17.7 Å². The molecule has 1 aliphatic rings. The molecule has 1 aromatic rings. The van der Waals surface area contributed by atoms with Crippen molar-refractivity contribution in [3.05, 3.63) is 29.3 Å². The maximum Gasteiger partial charge on any atom is 0.410 e. The van der Waals surface area contributed by atoms with E-state index in [0.717, 1.165) is 11.3 Å². The highest BCUT2D eigenvalue weighted by Crippen LogP contribution is 2.21. The molecule has 0 radical (unpaired) electrons. The Labute approximate surface area is 136 Å². The highest BCUT2D eigenvalue weighted by atomic mass is 16.6. The first-order valence-corrected chi connectivity index (χ1v) is 7.74. The van der Waals surface area contributed by atoms with Crippen LogP contribution in [0.1, 0.15) is 36.7 Å². The molecule has 1 N–H and O–H groups in total. The van der Waals surface area contributed by atoms with Crippen LogP contribution >= 0.6 is 0 Å². The molecule has 1 amide bonds. The van der Waals surface area contributed by atoms with Crippen LogP contribution in [0, 0.1) is 6.92 Å². The number of carboxylic acid groups (broad SMARTS) is 1. The number of piperazine rings is 1. The van der Waals surface area contributed by atoms with Gasteiger partial charge in [-0.05, 0) is 45.4 Å². The molecule has 1 saturated heterocycles. The van der Waals surface area contributed by atoms with Gasteiger partial charge in [0.15, 0.2) is 0 Å². The Morgan fingerprint density at radius 3 is 2.26 bits per heavy atom. The lowest BCUT2D eigenvalue weighted by atomic mass is 10.1. The molecule has 6 heteroatoms. The van der Waals surface area contributed by atoms with Gasteiger partial charge in [-0.15, -0.1) is 0 Å². The zero-order chi connectivity index (χ0) is 17.2. The smallest absolute Gasteiger partial charge is 0.410 e. The predicted octanol–water partition coefficient (Wildman–Crippen LogP) is 2.75. The Morgan fingerprint density at radius 2 is 1.74 bits per heavy atom. The van der Waals surface area contributed by atoms with Crippen LogP contribution in [0.2, 0.25) is 0 Å². The topological polar surface area (TPSA) is 70.1 Å². The van der Waals surface area contributed by atoms with Gasteiger partial charge in [0.25, 0.3) is 0 Å². The number of carbonyl (C=O) groups is 2. The van der Waals surface area contributed by atoms with Crippen LogP contribution in [0.15, 0.2) is 18.2 Å². The van der Waals surface area contributed by atoms with Gasteiger partial charge >= 0.3 is 12.1 Å². The Kier molecular flexibility index (Phi) is 4.82. The second kappa shape index (κ2) is 6.48. The van der Waals surface area contributed by atoms with Gasteiger partial charge in [-0.1, -0.05) is 6.07 Å². The van der Waals surface area contributed by atoms with E-state index in [-0.39, 0.29) is 6.09 Å². The normalized spacial score (nSPS) is 15.5. The van der Waals surface area contributed by atoms with Gasteiger partial charge in [-0.2, -0.15) is 0 Å². The van der Waals surface area contributed by atoms with Gasteiger partial charge in [0.1, 0.15) is 5.60 Å². The second-order valence-corrected chi connectivity index (χ2v) is 6.76. The summed E-state index contributed by atoms with van der Waals surface area (Å²) in [6.07, 6.45) is -0.299. The van der Waals surface area contributed by atoms with Gasteiger partial charge in [-0.3, -0.25) is 0 Å². The standard InChI is InChI=1S/C17H24N2O4/c1-12-5-6-13(11-14(12)15(20)21)18-7-9-19(10-8-18)16(22)23-17(2,3)4/h5-6,11H,7-10H2,1-4H3,(H,20,21). The lowest BCUT2D eigenvalue weighted by molar-refractivity contribution is 0.0240. The van der Waals surface area contributed by atoms with Gasteiger partial charge in [0, 0.05) is 31.9 Å². The summed E-state index contributed by atoms with van der Waals surface area (Å²) in [5.41, 5.74) is 1.43. The fourth-order valence-electron chi connectivity index (χ4n) is 2.51. The minimum absolute atomic E-state index is 0.299. The first kappa shape index (κ1) is 17.1. The monoisotopic (exact) mass is 320 g/mol. The van der Waals surface area contributed by atoms with Crippen LogP contribution in [0.3, 0.4) is 0 Å². The van der Waals surface area contributed by atoms with Crippen LogP contribution < -0.4 is 4.90 Å². The predicted molar refractivity (Wildman–Crippen MR) is 88.2 cm³/mol. The molecule has 0 saturated carbocycles. The minimum atomic E-state index is -0.920. The molecule has 1 aliphatic heterocycles. The van der Waals surface area contributed by atoms with Crippen LogP contribution in [0.4, 0.5) is 10.5 Å². The molecular formula is C17H24N2O4. The average molecular weight is 320 g/mol. The van der Waals surface area contributed by atoms with Crippen LogP contribution in [0.5, 0.6) is 0 Å². The highest BCUT2D eigenvalue weighted by molar-refractivity contribution is 5.90. The summed E-state index contributed by atoms with van der Waals surface area (Å²) in [6, 6.07) is 5.44. The zero-order valence-corrected chi connectivity index (χ0v) is 14.1. The molecule has 0 unspecified atom stereocenters. The van der Waals surface area contributed by atoms with Crippen molar-refractivity contribution in [2.45, 2.75) is 33.3 Å². The van der Waals surface area contributed by atoms with Crippen molar-refractivity contribution in [3.63, 3.8) is 0 Å². The average Bonchev–Trinajstić information content (AvgIpc) is 2.46. The maximum atomic E-state index is 12.1. The number of hydrogen-bond acceptors (Lipinski definition) is 4. The van der Waals surface area contributed by atoms with Gasteiger partial charge in [0.2, 0.25) is 0 Å². The molecule has 1 fully saturated rings. The molecule has 23 heavy (non-hydrogen) atoms. The third-order valence-corrected chi connectivity index (χ3v) is 3.75. The third kappa shape index (κ3) is 4.37. The maximum absolute atomic E-state index is 12.1. The van der Waals surface area contributed by atoms with Crippen molar-refractivity contribution < 1.29 is 19.4 Å². The van der Waals surface area contributed by atoms with E-state index in [0.29, 0.717) is 31.7 Å². The molecule has 6 nitrogen and oxygen atoms in total. The largest absolute Gasteiger partial charge is 0.478 e. The molecular weight excluding hydrogens is 296 g/mol. The van der Waals surface area contributed by atoms with E-state index < -0.39 is 11.6 Å². The van der Waals surface area contributed by atoms with Gasteiger partial charge in [-0.25, -0.2) is 9.59 Å². The Balaban J connectivity index is 2.01. The molecule has 2 rings (SSSR count). The van der Waals surface area contributed by atoms with E-state index in [1.54, 1.807) is 17.9 Å². The lowest BCUT2D eigenvalue weighted by Crippen LogP contribution is -2.50. The van der Waals surface area contributed by atoms with Crippen molar-refractivity contribution in [1.82, 2.24) is 4.90 Å². The number of hydrogen-bond donors (Lipinski definition) is 1. The number of aromatic carboxylic acids is 1. The van der Waals surface area contributed by atoms with Crippen LogP contribution in [-0.4, -0.2) is 53.8 Å². The molecule has 0 aliphatic carbocycles. The first-order valence-electron chi connectivity index (χ1n) is 7.74. The number of benzene rings is 1. The number of carbonyl (C=O) groups excluding carboxylic acids is 1. The fraction of sp³-hybridized carbons (Fsp3) is 0.529. The summed E-state index contributed by atoms with van der Waals surface area (Å²) in [6.45, 7) is 9.76. The number of aryl methyl sites for hydroxylation is 1. The summed E-state index contributed by atoms with van der Waals surface area (Å²) < 4.78 is 5.38. The van der Waals surface area contributed by atoms with E-state index in [9.17, 15) is 14.7 Å². The fourth-order valence-corrected chi connectivity index (χ4v) is 2.51. The van der Waals surface area contributed by atoms with Crippen molar-refractivity contribution in [1.29, 1.82) is 0 Å². The summed E-state index contributed by atoms with van der Waals surface area (Å²) in [7, 11) is 0. The van der Waals surface area contributed by atoms with E-state index in [1.165, 1.54) is 0 Å². The number of anilines is 1. The number of carboxylic acids is 1. The second-order valence-electron chi connectivity index (χ2n) is 6.76. The Bertz CT molecular complexity index is 599. The summed E-state index contributed by atoms with van der Waals surface area (Å²) in [4.78, 5) is 27.1. The Hall–Kier alpha value is -2.24. The van der Waals surface area contributed by atoms with E-state index in [4.69, 9.17) is 4.74 Å². The van der Waals surface area contributed by atoms with E-state index in [2.05, 4.69) is 4.90 Å². The molecule has 1 aromatic carbocycles. The number of amides is 1. The number of ether oxygens (including phenoxy) is 1. The quantitative estimate of drug-likeness (QED) is 0.907. The van der Waals surface area contributed by atoms with Gasteiger partial charge < -0.3 is 19.6 Å². The van der Waals surface area contributed by atoms with E-state index >= 15 is 0 Å². The Morgan fingerprint density at radius 1 is 1.13 bits per heavy atom. The molecule has 126 valence electrons. The molecule has 0 atom stereocenters. The summed E-state index contributed by atoms with van der Waals surface area (Å²) in [5.74, 6) is -0.920. The third-order valence-electron chi connectivity index (χ3n) is 3.75. The molecule has 0 aromatic heterocycles. The molecule has 0 spiro atoms. The number of nitrogens with zero attached hydrogens (tertiary/aromatic N) is 2. The SMILES string of the molecule is Cc1ccc(N2CCN(C(=O)OC(C)(C)C)CC2)cc1C(=O)O. The summed E-state index contributed by atoms with van der Waals surface area (Å²) in [5, 5.41) is 9.22. The van der Waals surface area contributed by atoms with E-state index in [1.807, 2.05) is 32.9 Å². The van der Waals surface area contributed by atoms with Crippen molar-refractivity contribution in [3.8, 4) is 0 Å². The molecule has 0 bridgehead atoms. The van der Waals surface area contributed by atoms with Crippen LogP contribution in [-0.2, 0) is 4.74 Å². The van der Waals surface area contributed by atoms with Gasteiger partial charge in [0.05, 0.1) is 5.56 Å². The zero-order valence-electron chi connectivity index (χ0n) is 14.1. The van der Waals surface area contributed by atoms with Crippen LogP contribution in [0.25, 0.3) is 0 Å². The highest BCUT2D eigenvalue weighted by Gasteiger charge is 2.26.